The third-order valence-electron chi connectivity index (χ3n) is 10.3. The lowest BCUT2D eigenvalue weighted by atomic mass is 9.99. The molecule has 3 aliphatic rings. The number of rotatable bonds is 12. The Balaban J connectivity index is 1.21. The summed E-state index contributed by atoms with van der Waals surface area (Å²) < 4.78 is 11.1. The van der Waals surface area contributed by atoms with Crippen molar-refractivity contribution in [1.82, 2.24) is 20.0 Å². The van der Waals surface area contributed by atoms with E-state index in [1.165, 1.54) is 10.5 Å². The number of carbonyl (C=O) groups is 3. The van der Waals surface area contributed by atoms with Gasteiger partial charge in [-0.2, -0.15) is 0 Å². The van der Waals surface area contributed by atoms with Crippen molar-refractivity contribution < 1.29 is 23.9 Å². The van der Waals surface area contributed by atoms with Crippen LogP contribution in [0.2, 0.25) is 0 Å². The summed E-state index contributed by atoms with van der Waals surface area (Å²) in [7, 11) is 5.13. The van der Waals surface area contributed by atoms with Gasteiger partial charge in [-0.3, -0.25) is 29.1 Å². The molecule has 6 rings (SSSR count). The van der Waals surface area contributed by atoms with Gasteiger partial charge >= 0.3 is 0 Å². The van der Waals surface area contributed by atoms with Gasteiger partial charge in [0, 0.05) is 38.8 Å². The first-order valence-corrected chi connectivity index (χ1v) is 17.1. The number of piperazine rings is 1. The van der Waals surface area contributed by atoms with E-state index in [0.717, 1.165) is 56.8 Å². The minimum atomic E-state index is -0.556. The fraction of sp³-hybridized carbons (Fsp3) is 0.447. The van der Waals surface area contributed by atoms with Gasteiger partial charge in [-0.15, -0.1) is 0 Å². The molecule has 254 valence electrons. The average molecular weight is 654 g/mol. The summed E-state index contributed by atoms with van der Waals surface area (Å²) in [5.41, 5.74) is 3.76. The van der Waals surface area contributed by atoms with Crippen LogP contribution in [0.1, 0.15) is 76.5 Å². The average Bonchev–Trinajstić information content (AvgIpc) is 3.67. The molecule has 0 bridgehead atoms. The van der Waals surface area contributed by atoms with Crippen LogP contribution < -0.4 is 19.7 Å². The molecular weight excluding hydrogens is 606 g/mol. The number of carbonyl (C=O) groups excluding carboxylic acids is 3. The zero-order valence-corrected chi connectivity index (χ0v) is 28.5. The Kier molecular flexibility index (Phi) is 10.3. The number of benzene rings is 3. The van der Waals surface area contributed by atoms with Crippen molar-refractivity contribution in [2.24, 2.45) is 0 Å². The molecule has 10 nitrogen and oxygen atoms in total. The molecule has 0 saturated carbocycles. The Morgan fingerprint density at radius 3 is 2.31 bits per heavy atom. The summed E-state index contributed by atoms with van der Waals surface area (Å²) in [6.45, 7) is 6.81. The zero-order valence-electron chi connectivity index (χ0n) is 28.5. The summed E-state index contributed by atoms with van der Waals surface area (Å²) in [6.07, 6.45) is 2.94. The van der Waals surface area contributed by atoms with E-state index in [2.05, 4.69) is 51.2 Å². The Bertz CT molecular complexity index is 1620. The molecule has 3 amide bonds. The van der Waals surface area contributed by atoms with Gasteiger partial charge in [0.2, 0.25) is 5.91 Å². The van der Waals surface area contributed by atoms with Gasteiger partial charge in [-0.05, 0) is 81.6 Å². The van der Waals surface area contributed by atoms with E-state index in [1.54, 1.807) is 26.4 Å². The maximum absolute atomic E-state index is 14.4. The second-order valence-corrected chi connectivity index (χ2v) is 13.0. The maximum Gasteiger partial charge on any atom is 0.264 e. The molecule has 48 heavy (non-hydrogen) atoms. The number of nitrogens with one attached hydrogen (secondary N) is 1. The Hall–Kier alpha value is -4.41. The lowest BCUT2D eigenvalue weighted by molar-refractivity contribution is -0.125. The van der Waals surface area contributed by atoms with Gasteiger partial charge in [-0.1, -0.05) is 42.5 Å². The van der Waals surface area contributed by atoms with Crippen molar-refractivity contribution >= 4 is 23.4 Å². The second kappa shape index (κ2) is 14.8. The van der Waals surface area contributed by atoms with E-state index in [9.17, 15) is 14.4 Å². The lowest BCUT2D eigenvalue weighted by Crippen LogP contribution is -2.47. The van der Waals surface area contributed by atoms with Crippen molar-refractivity contribution in [3.63, 3.8) is 0 Å². The quantitative estimate of drug-likeness (QED) is 0.218. The highest BCUT2D eigenvalue weighted by Crippen LogP contribution is 2.40. The Morgan fingerprint density at radius 1 is 0.875 bits per heavy atom. The van der Waals surface area contributed by atoms with Crippen molar-refractivity contribution in [3.05, 3.63) is 89.0 Å². The molecule has 0 radical (unpaired) electrons. The van der Waals surface area contributed by atoms with Crippen LogP contribution in [0, 0.1) is 0 Å². The number of imide groups is 1. The van der Waals surface area contributed by atoms with Gasteiger partial charge in [0.1, 0.15) is 0 Å². The van der Waals surface area contributed by atoms with Gasteiger partial charge < -0.3 is 19.7 Å². The Labute approximate surface area is 283 Å². The molecule has 3 aromatic carbocycles. The molecule has 3 atom stereocenters. The van der Waals surface area contributed by atoms with Crippen LogP contribution in [0.4, 0.5) is 5.69 Å². The Morgan fingerprint density at radius 2 is 1.62 bits per heavy atom. The van der Waals surface area contributed by atoms with Gasteiger partial charge in [0.25, 0.3) is 11.8 Å². The molecule has 0 spiro atoms. The summed E-state index contributed by atoms with van der Waals surface area (Å²) >= 11 is 0. The fourth-order valence-corrected chi connectivity index (χ4v) is 7.50. The monoisotopic (exact) mass is 653 g/mol. The van der Waals surface area contributed by atoms with E-state index in [1.807, 2.05) is 37.4 Å². The number of fused-ring (bicyclic) bond motifs is 1. The van der Waals surface area contributed by atoms with Crippen LogP contribution in [-0.4, -0.2) is 99.0 Å². The highest BCUT2D eigenvalue weighted by atomic mass is 16.5. The molecule has 0 aliphatic carbocycles. The highest BCUT2D eigenvalue weighted by molar-refractivity contribution is 6.24. The number of amides is 3. The molecular formula is C38H47N5O5. The largest absolute Gasteiger partial charge is 0.493 e. The number of likely N-dealkylation sites (N-methyl/N-ethyl adjacent to an activating group) is 1. The first-order valence-electron chi connectivity index (χ1n) is 17.1. The first-order chi connectivity index (χ1) is 23.3. The minimum absolute atomic E-state index is 0.0290. The van der Waals surface area contributed by atoms with Crippen LogP contribution in [0.25, 0.3) is 0 Å². The molecule has 3 heterocycles. The van der Waals surface area contributed by atoms with E-state index in [4.69, 9.17) is 9.47 Å². The smallest absolute Gasteiger partial charge is 0.264 e. The van der Waals surface area contributed by atoms with Gasteiger partial charge in [0.15, 0.2) is 11.5 Å². The van der Waals surface area contributed by atoms with Crippen molar-refractivity contribution in [2.45, 2.75) is 50.7 Å². The van der Waals surface area contributed by atoms with Crippen molar-refractivity contribution in [1.29, 1.82) is 0 Å². The van der Waals surface area contributed by atoms with E-state index < -0.39 is 6.04 Å². The molecule has 10 heteroatoms. The van der Waals surface area contributed by atoms with Gasteiger partial charge in [-0.25, -0.2) is 0 Å². The van der Waals surface area contributed by atoms with Crippen LogP contribution in [-0.2, 0) is 4.79 Å². The van der Waals surface area contributed by atoms with Crippen LogP contribution in [0.5, 0.6) is 11.5 Å². The van der Waals surface area contributed by atoms with Gasteiger partial charge in [0.05, 0.1) is 43.1 Å². The van der Waals surface area contributed by atoms with E-state index in [-0.39, 0.29) is 23.8 Å². The molecule has 1 unspecified atom stereocenters. The normalized spacial score (nSPS) is 19.7. The van der Waals surface area contributed by atoms with E-state index in [0.29, 0.717) is 48.1 Å². The summed E-state index contributed by atoms with van der Waals surface area (Å²) in [6, 6.07) is 21.3. The van der Waals surface area contributed by atoms with Crippen LogP contribution >= 0.6 is 0 Å². The number of hydrogen-bond donors (Lipinski definition) is 1. The minimum Gasteiger partial charge on any atom is -0.493 e. The lowest BCUT2D eigenvalue weighted by Gasteiger charge is -2.39. The number of likely N-dealkylation sites (tertiary alicyclic amines) is 1. The molecule has 2 saturated heterocycles. The second-order valence-electron chi connectivity index (χ2n) is 13.0. The predicted molar refractivity (Wildman–Crippen MR) is 186 cm³/mol. The number of nitrogens with zero attached hydrogens (tertiary/aromatic N) is 4. The molecule has 2 fully saturated rings. The number of methoxy groups -OCH3 is 2. The summed E-state index contributed by atoms with van der Waals surface area (Å²) in [5, 5.41) is 3.08. The molecule has 1 N–H and O–H groups in total. The van der Waals surface area contributed by atoms with E-state index >= 15 is 0 Å². The molecule has 3 aromatic rings. The molecule has 3 aliphatic heterocycles. The third kappa shape index (κ3) is 6.64. The van der Waals surface area contributed by atoms with Crippen molar-refractivity contribution in [2.75, 3.05) is 65.4 Å². The predicted octanol–water partition coefficient (Wildman–Crippen LogP) is 4.91. The highest BCUT2D eigenvalue weighted by Gasteiger charge is 2.43. The third-order valence-corrected chi connectivity index (χ3v) is 10.3. The molecule has 0 aromatic heterocycles. The number of ether oxygens (including phenoxy) is 2. The SMILES string of the molecule is COc1ccc([C@@H](CCCNC(=O)[C@@H]2CCCN2C)N2C(=O)c3cccc(N4CCN(C(C)c5ccccc5)CC4)c3C2=O)cc1OC. The topological polar surface area (TPSA) is 94.7 Å². The zero-order chi connectivity index (χ0) is 33.8. The first kappa shape index (κ1) is 33.5. The number of anilines is 1. The summed E-state index contributed by atoms with van der Waals surface area (Å²) in [5.74, 6) is 0.531. The summed E-state index contributed by atoms with van der Waals surface area (Å²) in [4.78, 5) is 49.6. The maximum atomic E-state index is 14.4. The number of hydrogen-bond acceptors (Lipinski definition) is 8. The standard InChI is InChI=1S/C38H47N5O5/c1-26(27-11-6-5-7-12-27)41-21-23-42(24-22-41)31-14-8-13-29-35(31)38(46)43(37(29)45)30(28-17-18-33(47-3)34(25-28)48-4)15-9-19-39-36(44)32-16-10-20-40(32)2/h5-8,11-14,17-18,25-26,30,32H,9-10,15-16,19-24H2,1-4H3,(H,39,44)/t26?,30-,32+/m1/s1. The van der Waals surface area contributed by atoms with Crippen LogP contribution in [0.3, 0.4) is 0 Å². The van der Waals surface area contributed by atoms with Crippen LogP contribution in [0.15, 0.2) is 66.7 Å². The fourth-order valence-electron chi connectivity index (χ4n) is 7.50. The van der Waals surface area contributed by atoms with Crippen molar-refractivity contribution in [3.8, 4) is 11.5 Å².